The number of rotatable bonds is 3. The van der Waals surface area contributed by atoms with E-state index < -0.39 is 0 Å². The SMILES string of the molecule is CC.CC(C)(C)COc1cccc(-c2ccc3ccccc3n2)c1. The Morgan fingerprint density at radius 2 is 1.62 bits per heavy atom. The second-order valence-corrected chi connectivity index (χ2v) is 6.77. The molecule has 0 aliphatic carbocycles. The summed E-state index contributed by atoms with van der Waals surface area (Å²) < 4.78 is 5.89. The number of aromatic nitrogens is 1. The van der Waals surface area contributed by atoms with Crippen molar-refractivity contribution < 1.29 is 4.74 Å². The Kier molecular flexibility index (Phi) is 5.97. The highest BCUT2D eigenvalue weighted by atomic mass is 16.5. The minimum absolute atomic E-state index is 0.150. The van der Waals surface area contributed by atoms with Crippen LogP contribution < -0.4 is 4.74 Å². The lowest BCUT2D eigenvalue weighted by Gasteiger charge is -2.19. The molecule has 2 aromatic carbocycles. The number of para-hydroxylation sites is 1. The molecule has 1 heterocycles. The van der Waals surface area contributed by atoms with Gasteiger partial charge >= 0.3 is 0 Å². The lowest BCUT2D eigenvalue weighted by molar-refractivity contribution is 0.198. The van der Waals surface area contributed by atoms with E-state index in [0.717, 1.165) is 27.9 Å². The maximum atomic E-state index is 5.89. The molecule has 3 aromatic rings. The molecule has 0 unspecified atom stereocenters. The van der Waals surface area contributed by atoms with Gasteiger partial charge in [0.05, 0.1) is 17.8 Å². The van der Waals surface area contributed by atoms with Crippen LogP contribution in [0.2, 0.25) is 0 Å². The van der Waals surface area contributed by atoms with Gasteiger partial charge in [0.2, 0.25) is 0 Å². The standard InChI is InChI=1S/C20H21NO.C2H6/c1-20(2,3)14-22-17-9-6-8-16(13-17)19-12-11-15-7-4-5-10-18(15)21-19;1-2/h4-13H,14H2,1-3H3;1-2H3. The van der Waals surface area contributed by atoms with Crippen molar-refractivity contribution in [2.75, 3.05) is 6.61 Å². The highest BCUT2D eigenvalue weighted by molar-refractivity contribution is 5.81. The number of ether oxygens (including phenoxy) is 1. The first kappa shape index (κ1) is 18.0. The van der Waals surface area contributed by atoms with Gasteiger partial charge in [-0.15, -0.1) is 0 Å². The Hall–Kier alpha value is -2.35. The van der Waals surface area contributed by atoms with Crippen LogP contribution in [0, 0.1) is 5.41 Å². The van der Waals surface area contributed by atoms with Crippen molar-refractivity contribution >= 4 is 10.9 Å². The van der Waals surface area contributed by atoms with Crippen LogP contribution in [0.4, 0.5) is 0 Å². The van der Waals surface area contributed by atoms with Gasteiger partial charge in [-0.3, -0.25) is 0 Å². The van der Waals surface area contributed by atoms with Crippen LogP contribution in [0.15, 0.2) is 60.7 Å². The van der Waals surface area contributed by atoms with Crippen LogP contribution in [0.25, 0.3) is 22.2 Å². The van der Waals surface area contributed by atoms with Crippen molar-refractivity contribution in [3.8, 4) is 17.0 Å². The van der Waals surface area contributed by atoms with E-state index in [1.807, 2.05) is 44.2 Å². The lowest BCUT2D eigenvalue weighted by Crippen LogP contribution is -2.16. The van der Waals surface area contributed by atoms with Crippen molar-refractivity contribution in [3.05, 3.63) is 60.7 Å². The van der Waals surface area contributed by atoms with E-state index in [1.54, 1.807) is 0 Å². The molecule has 2 heteroatoms. The summed E-state index contributed by atoms with van der Waals surface area (Å²) in [6.07, 6.45) is 0. The Morgan fingerprint density at radius 3 is 2.38 bits per heavy atom. The highest BCUT2D eigenvalue weighted by Crippen LogP contribution is 2.25. The number of benzene rings is 2. The second-order valence-electron chi connectivity index (χ2n) is 6.77. The second kappa shape index (κ2) is 7.96. The van der Waals surface area contributed by atoms with Gasteiger partial charge in [0, 0.05) is 10.9 Å². The van der Waals surface area contributed by atoms with E-state index >= 15 is 0 Å². The van der Waals surface area contributed by atoms with E-state index in [0.29, 0.717) is 6.61 Å². The molecule has 0 N–H and O–H groups in total. The fourth-order valence-electron chi connectivity index (χ4n) is 2.27. The van der Waals surface area contributed by atoms with Crippen LogP contribution in [-0.2, 0) is 0 Å². The zero-order valence-corrected chi connectivity index (χ0v) is 15.3. The maximum absolute atomic E-state index is 5.89. The number of hydrogen-bond donors (Lipinski definition) is 0. The molecule has 0 amide bonds. The smallest absolute Gasteiger partial charge is 0.119 e. The van der Waals surface area contributed by atoms with Crippen molar-refractivity contribution in [1.82, 2.24) is 4.98 Å². The molecule has 3 rings (SSSR count). The third-order valence-electron chi connectivity index (χ3n) is 3.40. The molecule has 126 valence electrons. The zero-order chi connectivity index (χ0) is 17.6. The van der Waals surface area contributed by atoms with Crippen LogP contribution in [0.5, 0.6) is 5.75 Å². The molecule has 0 bridgehead atoms. The molecule has 0 saturated heterocycles. The van der Waals surface area contributed by atoms with Gasteiger partial charge in [-0.05, 0) is 29.7 Å². The summed E-state index contributed by atoms with van der Waals surface area (Å²) in [7, 11) is 0. The van der Waals surface area contributed by atoms with Gasteiger partial charge in [-0.1, -0.05) is 71.0 Å². The molecule has 0 aliphatic heterocycles. The average Bonchev–Trinajstić information content (AvgIpc) is 2.61. The largest absolute Gasteiger partial charge is 0.493 e. The minimum Gasteiger partial charge on any atom is -0.493 e. The lowest BCUT2D eigenvalue weighted by atomic mass is 9.99. The van der Waals surface area contributed by atoms with E-state index in [2.05, 4.69) is 51.1 Å². The Bertz CT molecular complexity index is 787. The van der Waals surface area contributed by atoms with E-state index in [4.69, 9.17) is 9.72 Å². The highest BCUT2D eigenvalue weighted by Gasteiger charge is 2.11. The minimum atomic E-state index is 0.150. The van der Waals surface area contributed by atoms with Gasteiger partial charge in [-0.2, -0.15) is 0 Å². The summed E-state index contributed by atoms with van der Waals surface area (Å²) in [6.45, 7) is 11.2. The van der Waals surface area contributed by atoms with Crippen LogP contribution in [0.1, 0.15) is 34.6 Å². The number of hydrogen-bond acceptors (Lipinski definition) is 2. The van der Waals surface area contributed by atoms with Gasteiger partial charge in [0.1, 0.15) is 5.75 Å². The van der Waals surface area contributed by atoms with E-state index in [-0.39, 0.29) is 5.41 Å². The molecule has 0 fully saturated rings. The van der Waals surface area contributed by atoms with Crippen molar-refractivity contribution in [1.29, 1.82) is 0 Å². The molecular formula is C22H27NO. The molecule has 24 heavy (non-hydrogen) atoms. The van der Waals surface area contributed by atoms with E-state index in [1.165, 1.54) is 0 Å². The van der Waals surface area contributed by atoms with Crippen LogP contribution in [-0.4, -0.2) is 11.6 Å². The number of nitrogens with zero attached hydrogens (tertiary/aromatic N) is 1. The molecule has 1 aromatic heterocycles. The first-order valence-corrected chi connectivity index (χ1v) is 8.60. The van der Waals surface area contributed by atoms with Crippen LogP contribution in [0.3, 0.4) is 0 Å². The first-order chi connectivity index (χ1) is 11.5. The van der Waals surface area contributed by atoms with Crippen molar-refractivity contribution in [3.63, 3.8) is 0 Å². The Morgan fingerprint density at radius 1 is 0.875 bits per heavy atom. The Labute approximate surface area is 145 Å². The molecule has 0 radical (unpaired) electrons. The summed E-state index contributed by atoms with van der Waals surface area (Å²) in [5.74, 6) is 0.891. The third-order valence-corrected chi connectivity index (χ3v) is 3.40. The molecular weight excluding hydrogens is 294 g/mol. The van der Waals surface area contributed by atoms with Gasteiger partial charge in [-0.25, -0.2) is 4.98 Å². The van der Waals surface area contributed by atoms with Gasteiger partial charge in [0.25, 0.3) is 0 Å². The maximum Gasteiger partial charge on any atom is 0.119 e. The Balaban J connectivity index is 0.00000100. The number of fused-ring (bicyclic) bond motifs is 1. The fourth-order valence-corrected chi connectivity index (χ4v) is 2.27. The third kappa shape index (κ3) is 4.82. The topological polar surface area (TPSA) is 22.1 Å². The normalized spacial score (nSPS) is 10.9. The average molecular weight is 321 g/mol. The predicted molar refractivity (Wildman–Crippen MR) is 103 cm³/mol. The molecule has 2 nitrogen and oxygen atoms in total. The monoisotopic (exact) mass is 321 g/mol. The number of pyridine rings is 1. The molecule has 0 spiro atoms. The summed E-state index contributed by atoms with van der Waals surface area (Å²) in [4.78, 5) is 4.74. The quantitative estimate of drug-likeness (QED) is 0.560. The summed E-state index contributed by atoms with van der Waals surface area (Å²) in [5, 5.41) is 1.16. The van der Waals surface area contributed by atoms with Crippen molar-refractivity contribution in [2.24, 2.45) is 5.41 Å². The summed E-state index contributed by atoms with van der Waals surface area (Å²) in [6, 6.07) is 20.5. The van der Waals surface area contributed by atoms with E-state index in [9.17, 15) is 0 Å². The van der Waals surface area contributed by atoms with Crippen LogP contribution >= 0.6 is 0 Å². The molecule has 0 atom stereocenters. The summed E-state index contributed by atoms with van der Waals surface area (Å²) >= 11 is 0. The van der Waals surface area contributed by atoms with Gasteiger partial charge < -0.3 is 4.74 Å². The van der Waals surface area contributed by atoms with Gasteiger partial charge in [0.15, 0.2) is 0 Å². The zero-order valence-electron chi connectivity index (χ0n) is 15.3. The molecule has 0 aliphatic rings. The molecule has 0 saturated carbocycles. The van der Waals surface area contributed by atoms with Crippen molar-refractivity contribution in [2.45, 2.75) is 34.6 Å². The fraction of sp³-hybridized carbons (Fsp3) is 0.318. The first-order valence-electron chi connectivity index (χ1n) is 8.60. The predicted octanol–water partition coefficient (Wildman–Crippen LogP) is 6.35. The summed E-state index contributed by atoms with van der Waals surface area (Å²) in [5.41, 5.74) is 3.22.